The largest absolute Gasteiger partial charge is 0.472 e. The molecule has 0 aliphatic heterocycles. The van der Waals surface area contributed by atoms with E-state index in [1.54, 1.807) is 17.2 Å². The lowest BCUT2D eigenvalue weighted by atomic mass is 10.2. The molecule has 2 aromatic heterocycles. The van der Waals surface area contributed by atoms with Crippen molar-refractivity contribution in [3.8, 4) is 0 Å². The Kier molecular flexibility index (Phi) is 8.39. The fourth-order valence-corrected chi connectivity index (χ4v) is 2.63. The predicted octanol–water partition coefficient (Wildman–Crippen LogP) is 3.40. The molecule has 0 fully saturated rings. The molecule has 0 atom stereocenters. The number of rotatable bonds is 11. The van der Waals surface area contributed by atoms with Crippen LogP contribution in [-0.2, 0) is 11.3 Å². The summed E-state index contributed by atoms with van der Waals surface area (Å²) >= 11 is 0. The van der Waals surface area contributed by atoms with Gasteiger partial charge in [0.1, 0.15) is 6.26 Å². The van der Waals surface area contributed by atoms with Crippen molar-refractivity contribution in [1.82, 2.24) is 15.2 Å². The average Bonchev–Trinajstić information content (AvgIpc) is 3.21. The standard InChI is InChI=1S/C20H27N3O3/c1-2-3-4-7-12-23(20(25)17-10-14-26-16-17)13-9-19(24)22-15-18-8-5-6-11-21-18/h5-6,8,10-11,14,16H,2-4,7,9,12-13,15H2,1H3,(H,22,24). The molecule has 0 radical (unpaired) electrons. The lowest BCUT2D eigenvalue weighted by Crippen LogP contribution is -2.35. The van der Waals surface area contributed by atoms with E-state index in [0.717, 1.165) is 31.4 Å². The van der Waals surface area contributed by atoms with Crippen LogP contribution in [0.3, 0.4) is 0 Å². The number of nitrogens with one attached hydrogen (secondary N) is 1. The van der Waals surface area contributed by atoms with Gasteiger partial charge in [-0.1, -0.05) is 32.3 Å². The van der Waals surface area contributed by atoms with Crippen molar-refractivity contribution in [2.24, 2.45) is 0 Å². The van der Waals surface area contributed by atoms with Crippen LogP contribution in [0.2, 0.25) is 0 Å². The van der Waals surface area contributed by atoms with Crippen molar-refractivity contribution in [2.45, 2.75) is 45.6 Å². The van der Waals surface area contributed by atoms with Crippen LogP contribution in [0.5, 0.6) is 0 Å². The molecule has 6 nitrogen and oxygen atoms in total. The van der Waals surface area contributed by atoms with Crippen LogP contribution in [0.25, 0.3) is 0 Å². The van der Waals surface area contributed by atoms with Gasteiger partial charge < -0.3 is 14.6 Å². The van der Waals surface area contributed by atoms with Gasteiger partial charge in [0.2, 0.25) is 5.91 Å². The van der Waals surface area contributed by atoms with Crippen LogP contribution in [0.15, 0.2) is 47.4 Å². The van der Waals surface area contributed by atoms with E-state index in [0.29, 0.717) is 25.2 Å². The summed E-state index contributed by atoms with van der Waals surface area (Å²) in [6.45, 7) is 3.59. The van der Waals surface area contributed by atoms with Crippen LogP contribution < -0.4 is 5.32 Å². The molecule has 2 rings (SSSR count). The van der Waals surface area contributed by atoms with Gasteiger partial charge in [-0.25, -0.2) is 0 Å². The lowest BCUT2D eigenvalue weighted by molar-refractivity contribution is -0.121. The lowest BCUT2D eigenvalue weighted by Gasteiger charge is -2.22. The quantitative estimate of drug-likeness (QED) is 0.625. The number of hydrogen-bond donors (Lipinski definition) is 1. The first-order valence-corrected chi connectivity index (χ1v) is 9.18. The van der Waals surface area contributed by atoms with Crippen LogP contribution in [0.4, 0.5) is 0 Å². The Hall–Kier alpha value is -2.63. The Morgan fingerprint density at radius 1 is 1.15 bits per heavy atom. The zero-order valence-electron chi connectivity index (χ0n) is 15.3. The highest BCUT2D eigenvalue weighted by molar-refractivity contribution is 5.94. The van der Waals surface area contributed by atoms with Crippen molar-refractivity contribution in [3.05, 3.63) is 54.2 Å². The molecule has 0 aliphatic rings. The van der Waals surface area contributed by atoms with E-state index < -0.39 is 0 Å². The van der Waals surface area contributed by atoms with Crippen molar-refractivity contribution in [3.63, 3.8) is 0 Å². The zero-order chi connectivity index (χ0) is 18.6. The van der Waals surface area contributed by atoms with Gasteiger partial charge in [0.25, 0.3) is 5.91 Å². The normalized spacial score (nSPS) is 10.5. The zero-order valence-corrected chi connectivity index (χ0v) is 15.3. The fraction of sp³-hybridized carbons (Fsp3) is 0.450. The van der Waals surface area contributed by atoms with E-state index in [4.69, 9.17) is 4.42 Å². The third-order valence-electron chi connectivity index (χ3n) is 4.14. The molecule has 0 unspecified atom stereocenters. The SMILES string of the molecule is CCCCCCN(CCC(=O)NCc1ccccn1)C(=O)c1ccoc1. The molecule has 0 aliphatic carbocycles. The highest BCUT2D eigenvalue weighted by Crippen LogP contribution is 2.09. The number of hydrogen-bond acceptors (Lipinski definition) is 4. The molecule has 0 bridgehead atoms. The van der Waals surface area contributed by atoms with Gasteiger partial charge in [-0.15, -0.1) is 0 Å². The smallest absolute Gasteiger partial charge is 0.257 e. The number of nitrogens with zero attached hydrogens (tertiary/aromatic N) is 2. The third kappa shape index (κ3) is 6.70. The van der Waals surface area contributed by atoms with Crippen molar-refractivity contribution in [1.29, 1.82) is 0 Å². The topological polar surface area (TPSA) is 75.4 Å². The number of carbonyl (C=O) groups is 2. The molecule has 6 heteroatoms. The van der Waals surface area contributed by atoms with Gasteiger partial charge >= 0.3 is 0 Å². The summed E-state index contributed by atoms with van der Waals surface area (Å²) < 4.78 is 5.01. The summed E-state index contributed by atoms with van der Waals surface area (Å²) in [6.07, 6.45) is 9.21. The maximum absolute atomic E-state index is 12.6. The van der Waals surface area contributed by atoms with E-state index in [2.05, 4.69) is 17.2 Å². The number of unbranched alkanes of at least 4 members (excludes halogenated alkanes) is 3. The van der Waals surface area contributed by atoms with E-state index in [1.165, 1.54) is 12.5 Å². The molecule has 26 heavy (non-hydrogen) atoms. The Balaban J connectivity index is 1.82. The molecule has 2 amide bonds. The molecule has 1 N–H and O–H groups in total. The summed E-state index contributed by atoms with van der Waals surface area (Å²) in [5, 5.41) is 2.85. The second kappa shape index (κ2) is 11.1. The number of amides is 2. The summed E-state index contributed by atoms with van der Waals surface area (Å²) in [5.74, 6) is -0.179. The molecule has 2 heterocycles. The van der Waals surface area contributed by atoms with Gasteiger partial charge in [-0.3, -0.25) is 14.6 Å². The first kappa shape index (κ1) is 19.7. The maximum Gasteiger partial charge on any atom is 0.257 e. The van der Waals surface area contributed by atoms with E-state index in [1.807, 2.05) is 18.2 Å². The summed E-state index contributed by atoms with van der Waals surface area (Å²) in [5.41, 5.74) is 1.33. The Bertz CT molecular complexity index is 656. The summed E-state index contributed by atoms with van der Waals surface area (Å²) in [4.78, 5) is 30.6. The Morgan fingerprint density at radius 2 is 2.04 bits per heavy atom. The van der Waals surface area contributed by atoms with Crippen molar-refractivity contribution in [2.75, 3.05) is 13.1 Å². The van der Waals surface area contributed by atoms with Crippen LogP contribution in [-0.4, -0.2) is 34.8 Å². The molecular weight excluding hydrogens is 330 g/mol. The van der Waals surface area contributed by atoms with Crippen molar-refractivity contribution < 1.29 is 14.0 Å². The molecule has 0 spiro atoms. The van der Waals surface area contributed by atoms with E-state index in [9.17, 15) is 9.59 Å². The monoisotopic (exact) mass is 357 g/mol. The van der Waals surface area contributed by atoms with Crippen LogP contribution >= 0.6 is 0 Å². The number of aromatic nitrogens is 1. The first-order chi connectivity index (χ1) is 12.7. The number of furan rings is 1. The average molecular weight is 357 g/mol. The predicted molar refractivity (Wildman–Crippen MR) is 99.5 cm³/mol. The van der Waals surface area contributed by atoms with Gasteiger partial charge in [0.15, 0.2) is 0 Å². The number of pyridine rings is 1. The maximum atomic E-state index is 12.6. The minimum atomic E-state index is -0.0900. The molecule has 2 aromatic rings. The minimum absolute atomic E-state index is 0.0887. The second-order valence-electron chi connectivity index (χ2n) is 6.21. The molecule has 0 saturated carbocycles. The van der Waals surface area contributed by atoms with Gasteiger partial charge in [-0.2, -0.15) is 0 Å². The van der Waals surface area contributed by atoms with E-state index in [-0.39, 0.29) is 18.2 Å². The molecule has 0 aromatic carbocycles. The van der Waals surface area contributed by atoms with Crippen molar-refractivity contribution >= 4 is 11.8 Å². The summed E-state index contributed by atoms with van der Waals surface area (Å²) in [6, 6.07) is 7.24. The molecule has 140 valence electrons. The van der Waals surface area contributed by atoms with Crippen LogP contribution in [0.1, 0.15) is 55.1 Å². The molecule has 0 saturated heterocycles. The van der Waals surface area contributed by atoms with Gasteiger partial charge in [0, 0.05) is 25.7 Å². The second-order valence-corrected chi connectivity index (χ2v) is 6.21. The van der Waals surface area contributed by atoms with Gasteiger partial charge in [-0.05, 0) is 24.6 Å². The minimum Gasteiger partial charge on any atom is -0.472 e. The summed E-state index contributed by atoms with van der Waals surface area (Å²) in [7, 11) is 0. The highest BCUT2D eigenvalue weighted by Gasteiger charge is 2.17. The third-order valence-corrected chi connectivity index (χ3v) is 4.14. The molecular formula is C20H27N3O3. The van der Waals surface area contributed by atoms with Crippen LogP contribution in [0, 0.1) is 0 Å². The number of carbonyl (C=O) groups excluding carboxylic acids is 2. The Morgan fingerprint density at radius 3 is 2.73 bits per heavy atom. The fourth-order valence-electron chi connectivity index (χ4n) is 2.63. The Labute approximate surface area is 154 Å². The van der Waals surface area contributed by atoms with Gasteiger partial charge in [0.05, 0.1) is 24.1 Å². The van der Waals surface area contributed by atoms with E-state index >= 15 is 0 Å². The first-order valence-electron chi connectivity index (χ1n) is 9.18. The highest BCUT2D eigenvalue weighted by atomic mass is 16.3.